The number of aromatic nitrogens is 2. The van der Waals surface area contributed by atoms with Crippen LogP contribution in [0.1, 0.15) is 17.5 Å². The molecule has 0 bridgehead atoms. The molecule has 5 heteroatoms. The maximum atomic E-state index is 12.7. The number of hydrogen-bond acceptors (Lipinski definition) is 4. The van der Waals surface area contributed by atoms with Crippen molar-refractivity contribution >= 4 is 17.5 Å². The summed E-state index contributed by atoms with van der Waals surface area (Å²) in [6.45, 7) is 0.734. The summed E-state index contributed by atoms with van der Waals surface area (Å²) in [4.78, 5) is 22.8. The van der Waals surface area contributed by atoms with Gasteiger partial charge in [0.15, 0.2) is 0 Å². The lowest BCUT2D eigenvalue weighted by atomic mass is 10.1. The second kappa shape index (κ2) is 6.96. The van der Waals surface area contributed by atoms with E-state index in [1.165, 1.54) is 11.1 Å². The van der Waals surface area contributed by atoms with Crippen LogP contribution in [0.5, 0.6) is 0 Å². The lowest BCUT2D eigenvalue weighted by Gasteiger charge is -2.17. The van der Waals surface area contributed by atoms with Crippen molar-refractivity contribution in [2.75, 3.05) is 17.2 Å². The van der Waals surface area contributed by atoms with Crippen LogP contribution in [0.25, 0.3) is 11.3 Å². The molecule has 0 atom stereocenters. The van der Waals surface area contributed by atoms with Crippen molar-refractivity contribution in [2.24, 2.45) is 0 Å². The van der Waals surface area contributed by atoms with Gasteiger partial charge in [-0.1, -0.05) is 36.4 Å². The molecule has 0 radical (unpaired) electrons. The number of aryl methyl sites for hydroxylation is 1. The first kappa shape index (κ1) is 16.3. The number of nitrogens with two attached hydrogens (primary N) is 1. The fraction of sp³-hybridized carbons (Fsp3) is 0.190. The Hall–Kier alpha value is -3.21. The Labute approximate surface area is 152 Å². The Bertz CT molecular complexity index is 940. The first-order valence-corrected chi connectivity index (χ1v) is 8.77. The van der Waals surface area contributed by atoms with E-state index in [9.17, 15) is 4.79 Å². The van der Waals surface area contributed by atoms with Gasteiger partial charge in [-0.05, 0) is 42.2 Å². The summed E-state index contributed by atoms with van der Waals surface area (Å²) >= 11 is 0. The molecule has 2 heterocycles. The number of fused-ring (bicyclic) bond motifs is 1. The third-order valence-corrected chi connectivity index (χ3v) is 4.72. The van der Waals surface area contributed by atoms with Crippen LogP contribution in [0.4, 0.5) is 11.6 Å². The van der Waals surface area contributed by atoms with Crippen LogP contribution in [-0.2, 0) is 17.6 Å². The van der Waals surface area contributed by atoms with E-state index in [1.54, 1.807) is 6.20 Å². The predicted molar refractivity (Wildman–Crippen MR) is 103 cm³/mol. The van der Waals surface area contributed by atoms with E-state index in [-0.39, 0.29) is 11.9 Å². The van der Waals surface area contributed by atoms with E-state index < -0.39 is 0 Å². The van der Waals surface area contributed by atoms with Gasteiger partial charge < -0.3 is 10.6 Å². The molecule has 0 saturated heterocycles. The van der Waals surface area contributed by atoms with Gasteiger partial charge in [-0.25, -0.2) is 9.97 Å². The van der Waals surface area contributed by atoms with E-state index in [2.05, 4.69) is 28.2 Å². The maximum absolute atomic E-state index is 12.7. The smallest absolute Gasteiger partial charge is 0.227 e. The van der Waals surface area contributed by atoms with Crippen molar-refractivity contribution in [2.45, 2.75) is 19.3 Å². The zero-order valence-corrected chi connectivity index (χ0v) is 14.4. The number of anilines is 2. The van der Waals surface area contributed by atoms with E-state index in [1.807, 2.05) is 41.3 Å². The number of amides is 1. The summed E-state index contributed by atoms with van der Waals surface area (Å²) in [5.41, 5.74) is 10.8. The standard InChI is InChI=1S/C21H20N4O/c22-21-23-12-10-18(24-21)16-7-8-19-17(14-16)11-13-25(19)20(26)9-6-15-4-2-1-3-5-15/h1-5,7-8,10,12,14H,6,9,11,13H2,(H2,22,23,24). The molecule has 130 valence electrons. The molecule has 5 nitrogen and oxygen atoms in total. The van der Waals surface area contributed by atoms with Gasteiger partial charge in [0.2, 0.25) is 11.9 Å². The summed E-state index contributed by atoms with van der Waals surface area (Å²) in [7, 11) is 0. The number of nitrogens with zero attached hydrogens (tertiary/aromatic N) is 3. The molecule has 1 aliphatic rings. The summed E-state index contributed by atoms with van der Waals surface area (Å²) in [6.07, 6.45) is 3.81. The average Bonchev–Trinajstić information content (AvgIpc) is 3.10. The fourth-order valence-corrected chi connectivity index (χ4v) is 3.39. The van der Waals surface area contributed by atoms with Crippen molar-refractivity contribution < 1.29 is 4.79 Å². The molecule has 1 aromatic heterocycles. The van der Waals surface area contributed by atoms with Crippen molar-refractivity contribution in [1.82, 2.24) is 9.97 Å². The van der Waals surface area contributed by atoms with Crippen LogP contribution < -0.4 is 10.6 Å². The quantitative estimate of drug-likeness (QED) is 0.788. The third-order valence-electron chi connectivity index (χ3n) is 4.72. The van der Waals surface area contributed by atoms with Gasteiger partial charge in [0.1, 0.15) is 0 Å². The van der Waals surface area contributed by atoms with E-state index in [0.717, 1.165) is 36.3 Å². The summed E-state index contributed by atoms with van der Waals surface area (Å²) in [6, 6.07) is 18.1. The molecule has 0 saturated carbocycles. The number of carbonyl (C=O) groups is 1. The highest BCUT2D eigenvalue weighted by atomic mass is 16.2. The number of nitrogen functional groups attached to an aromatic ring is 1. The zero-order chi connectivity index (χ0) is 17.9. The zero-order valence-electron chi connectivity index (χ0n) is 14.4. The van der Waals surface area contributed by atoms with E-state index in [4.69, 9.17) is 5.73 Å². The monoisotopic (exact) mass is 344 g/mol. The molecule has 4 rings (SSSR count). The number of rotatable bonds is 4. The molecule has 26 heavy (non-hydrogen) atoms. The molecule has 1 amide bonds. The molecule has 2 aromatic carbocycles. The minimum absolute atomic E-state index is 0.173. The molecule has 0 spiro atoms. The minimum atomic E-state index is 0.173. The Morgan fingerprint density at radius 1 is 1.12 bits per heavy atom. The molecular weight excluding hydrogens is 324 g/mol. The Balaban J connectivity index is 1.50. The minimum Gasteiger partial charge on any atom is -0.368 e. The summed E-state index contributed by atoms with van der Waals surface area (Å²) < 4.78 is 0. The van der Waals surface area contributed by atoms with Gasteiger partial charge >= 0.3 is 0 Å². The topological polar surface area (TPSA) is 72.1 Å². The lowest BCUT2D eigenvalue weighted by Crippen LogP contribution is -2.29. The first-order valence-electron chi connectivity index (χ1n) is 8.77. The molecule has 1 aliphatic heterocycles. The first-order chi connectivity index (χ1) is 12.7. The van der Waals surface area contributed by atoms with Gasteiger partial charge in [-0.3, -0.25) is 4.79 Å². The van der Waals surface area contributed by atoms with Gasteiger partial charge in [0.05, 0.1) is 5.69 Å². The largest absolute Gasteiger partial charge is 0.368 e. The second-order valence-corrected chi connectivity index (χ2v) is 6.42. The second-order valence-electron chi connectivity index (χ2n) is 6.42. The fourth-order valence-electron chi connectivity index (χ4n) is 3.39. The van der Waals surface area contributed by atoms with Crippen molar-refractivity contribution in [3.05, 3.63) is 71.9 Å². The van der Waals surface area contributed by atoms with Crippen LogP contribution in [0.2, 0.25) is 0 Å². The molecule has 0 unspecified atom stereocenters. The van der Waals surface area contributed by atoms with Crippen molar-refractivity contribution in [3.8, 4) is 11.3 Å². The highest BCUT2D eigenvalue weighted by molar-refractivity contribution is 5.96. The average molecular weight is 344 g/mol. The predicted octanol–water partition coefficient (Wildman–Crippen LogP) is 3.25. The van der Waals surface area contributed by atoms with Crippen LogP contribution >= 0.6 is 0 Å². The molecule has 0 aliphatic carbocycles. The van der Waals surface area contributed by atoms with E-state index in [0.29, 0.717) is 6.42 Å². The van der Waals surface area contributed by atoms with Crippen LogP contribution in [-0.4, -0.2) is 22.4 Å². The highest BCUT2D eigenvalue weighted by Crippen LogP contribution is 2.32. The summed E-state index contributed by atoms with van der Waals surface area (Å²) in [5, 5.41) is 0. The highest BCUT2D eigenvalue weighted by Gasteiger charge is 2.24. The Morgan fingerprint density at radius 3 is 2.77 bits per heavy atom. The molecular formula is C21H20N4O. The lowest BCUT2D eigenvalue weighted by molar-refractivity contribution is -0.118. The van der Waals surface area contributed by atoms with Gasteiger partial charge in [-0.2, -0.15) is 0 Å². The molecule has 3 aromatic rings. The van der Waals surface area contributed by atoms with Crippen LogP contribution in [0.15, 0.2) is 60.8 Å². The van der Waals surface area contributed by atoms with E-state index >= 15 is 0 Å². The third kappa shape index (κ3) is 3.28. The Kier molecular flexibility index (Phi) is 4.35. The van der Waals surface area contributed by atoms with Gasteiger partial charge in [-0.15, -0.1) is 0 Å². The van der Waals surface area contributed by atoms with Crippen LogP contribution in [0, 0.1) is 0 Å². The van der Waals surface area contributed by atoms with Crippen molar-refractivity contribution in [3.63, 3.8) is 0 Å². The maximum Gasteiger partial charge on any atom is 0.227 e. The summed E-state index contributed by atoms with van der Waals surface area (Å²) in [5.74, 6) is 0.437. The molecule has 0 fully saturated rings. The van der Waals surface area contributed by atoms with Gasteiger partial charge in [0.25, 0.3) is 0 Å². The number of benzene rings is 2. The Morgan fingerprint density at radius 2 is 1.96 bits per heavy atom. The normalized spacial score (nSPS) is 12.8. The van der Waals surface area contributed by atoms with Crippen LogP contribution in [0.3, 0.4) is 0 Å². The van der Waals surface area contributed by atoms with Crippen molar-refractivity contribution in [1.29, 1.82) is 0 Å². The molecule has 2 N–H and O–H groups in total. The SMILES string of the molecule is Nc1nccc(-c2ccc3c(c2)CCN3C(=O)CCc2ccccc2)n1. The van der Waals surface area contributed by atoms with Gasteiger partial charge in [0, 0.05) is 30.4 Å². The number of hydrogen-bond donors (Lipinski definition) is 1. The number of carbonyl (C=O) groups excluding carboxylic acids is 1.